The van der Waals surface area contributed by atoms with E-state index in [1.54, 1.807) is 0 Å². The van der Waals surface area contributed by atoms with Crippen molar-refractivity contribution in [3.05, 3.63) is 48.6 Å². The molecule has 0 spiro atoms. The van der Waals surface area contributed by atoms with E-state index in [-0.39, 0.29) is 25.6 Å². The van der Waals surface area contributed by atoms with E-state index >= 15 is 0 Å². The second kappa shape index (κ2) is 70.3. The van der Waals surface area contributed by atoms with Crippen LogP contribution in [0.4, 0.5) is 0 Å². The smallest absolute Gasteiger partial charge is 0.462 e. The summed E-state index contributed by atoms with van der Waals surface area (Å²) in [5.74, 6) is -0.772. The van der Waals surface area contributed by atoms with Crippen molar-refractivity contribution in [2.75, 3.05) is 47.5 Å². The van der Waals surface area contributed by atoms with E-state index in [2.05, 4.69) is 62.5 Å². The Morgan fingerprint density at radius 1 is 0.360 bits per heavy atom. The van der Waals surface area contributed by atoms with Gasteiger partial charge in [0, 0.05) is 12.8 Å². The monoisotopic (exact) mass is 1270 g/mol. The van der Waals surface area contributed by atoms with E-state index < -0.39 is 26.5 Å². The van der Waals surface area contributed by atoms with Crippen LogP contribution in [-0.4, -0.2) is 74.9 Å². The molecule has 0 saturated heterocycles. The Bertz CT molecular complexity index is 1640. The molecule has 0 aliphatic heterocycles. The van der Waals surface area contributed by atoms with Gasteiger partial charge in [0.25, 0.3) is 0 Å². The maximum atomic E-state index is 12.9. The maximum absolute atomic E-state index is 12.9. The van der Waals surface area contributed by atoms with Gasteiger partial charge < -0.3 is 18.9 Å². The Morgan fingerprint density at radius 2 is 0.640 bits per heavy atom. The molecule has 0 amide bonds. The summed E-state index contributed by atoms with van der Waals surface area (Å²) in [6.45, 7) is 4.40. The molecule has 0 fully saturated rings. The number of phosphoric ester groups is 1. The van der Waals surface area contributed by atoms with Gasteiger partial charge in [0.1, 0.15) is 19.8 Å². The normalized spacial score (nSPS) is 13.3. The first-order valence-corrected chi connectivity index (χ1v) is 40.4. The summed E-state index contributed by atoms with van der Waals surface area (Å²) in [4.78, 5) is 36.0. The van der Waals surface area contributed by atoms with Gasteiger partial charge in [0.2, 0.25) is 0 Å². The molecule has 2 atom stereocenters. The molecule has 2 unspecified atom stereocenters. The van der Waals surface area contributed by atoms with Crippen molar-refractivity contribution >= 4 is 19.8 Å². The highest BCUT2D eigenvalue weighted by Crippen LogP contribution is 2.43. The maximum Gasteiger partial charge on any atom is 0.472 e. The Kier molecular flexibility index (Phi) is 68.7. The number of unbranched alkanes of at least 4 members (excludes halogenated alkanes) is 51. The van der Waals surface area contributed by atoms with Crippen LogP contribution in [0.1, 0.15) is 393 Å². The van der Waals surface area contributed by atoms with Crippen LogP contribution in [0.25, 0.3) is 0 Å². The summed E-state index contributed by atoms with van der Waals surface area (Å²) in [5.41, 5.74) is 0. The van der Waals surface area contributed by atoms with Gasteiger partial charge in [-0.1, -0.05) is 377 Å². The lowest BCUT2D eigenvalue weighted by atomic mass is 10.0. The standard InChI is InChI=1S/C79H150NO8P/c1-6-8-10-12-14-16-18-20-22-24-26-28-30-32-34-36-38-39-40-41-42-44-46-48-50-52-54-56-58-60-62-64-66-68-70-72-79(82)88-77(76-87-89(83,84)86-74-73-80(3,4)5)75-85-78(81)71-69-67-65-63-61-59-57-55-53-51-49-47-45-43-37-35-33-31-29-27-25-23-21-19-17-15-13-11-9-7-2/h8,10,14,16,20,22,26,28,77H,6-7,9,11-13,15,17-19,21,23-25,27,29-76H2,1-5H3/p+1/b10-8-,16-14-,22-20-,28-26-. The summed E-state index contributed by atoms with van der Waals surface area (Å²) in [6.07, 6.45) is 92.6. The van der Waals surface area contributed by atoms with Gasteiger partial charge in [-0.15, -0.1) is 0 Å². The SMILES string of the molecule is CC/C=C\C/C=C\C/C=C\C/C=C\CCCCCCCCCCCCCCCCCCCCCCCCC(=O)OC(COC(=O)CCCCCCCCCCCCCCCCCCCCCCCCCCCCCCCC)COP(=O)(O)OCC[N+](C)(C)C. The van der Waals surface area contributed by atoms with Gasteiger partial charge in [0.05, 0.1) is 27.7 Å². The minimum Gasteiger partial charge on any atom is -0.462 e. The zero-order valence-electron chi connectivity index (χ0n) is 59.9. The third-order valence-electron chi connectivity index (χ3n) is 17.6. The molecule has 0 aliphatic rings. The van der Waals surface area contributed by atoms with Crippen molar-refractivity contribution in [3.63, 3.8) is 0 Å². The molecule has 1 N–H and O–H groups in total. The zero-order chi connectivity index (χ0) is 64.8. The predicted octanol–water partition coefficient (Wildman–Crippen LogP) is 25.6. The second-order valence-corrected chi connectivity index (χ2v) is 29.2. The number of phosphoric acid groups is 1. The van der Waals surface area contributed by atoms with Crippen LogP contribution in [0, 0.1) is 0 Å². The van der Waals surface area contributed by atoms with Crippen molar-refractivity contribution in [2.45, 2.75) is 399 Å². The topological polar surface area (TPSA) is 108 Å². The molecule has 9 nitrogen and oxygen atoms in total. The molecule has 0 radical (unpaired) electrons. The Labute approximate surface area is 554 Å². The van der Waals surface area contributed by atoms with Gasteiger partial charge in [-0.3, -0.25) is 18.6 Å². The minimum absolute atomic E-state index is 0.0350. The van der Waals surface area contributed by atoms with Crippen molar-refractivity contribution in [1.82, 2.24) is 0 Å². The van der Waals surface area contributed by atoms with Crippen LogP contribution < -0.4 is 0 Å². The molecule has 524 valence electrons. The number of carbonyl (C=O) groups excluding carboxylic acids is 2. The minimum atomic E-state index is -4.39. The molecular formula is C79H151NO8P+. The van der Waals surface area contributed by atoms with Crippen LogP contribution in [0.15, 0.2) is 48.6 Å². The molecular weight excluding hydrogens is 1120 g/mol. The number of hydrogen-bond donors (Lipinski definition) is 1. The third kappa shape index (κ3) is 74.9. The number of quaternary nitrogens is 1. The van der Waals surface area contributed by atoms with Gasteiger partial charge in [-0.2, -0.15) is 0 Å². The van der Waals surface area contributed by atoms with E-state index in [0.717, 1.165) is 57.8 Å². The quantitative estimate of drug-likeness (QED) is 0.0211. The number of carbonyl (C=O) groups is 2. The number of nitrogens with zero attached hydrogens (tertiary/aromatic N) is 1. The van der Waals surface area contributed by atoms with Gasteiger partial charge in [0.15, 0.2) is 6.10 Å². The first-order valence-electron chi connectivity index (χ1n) is 38.9. The van der Waals surface area contributed by atoms with Gasteiger partial charge in [-0.25, -0.2) is 4.57 Å². The summed E-state index contributed by atoms with van der Waals surface area (Å²) in [5, 5.41) is 0. The Morgan fingerprint density at radius 3 is 0.955 bits per heavy atom. The highest BCUT2D eigenvalue weighted by atomic mass is 31.2. The predicted molar refractivity (Wildman–Crippen MR) is 386 cm³/mol. The lowest BCUT2D eigenvalue weighted by Gasteiger charge is -2.24. The van der Waals surface area contributed by atoms with Crippen LogP contribution in [-0.2, 0) is 32.7 Å². The average molecular weight is 1270 g/mol. The molecule has 0 bridgehead atoms. The number of likely N-dealkylation sites (N-methyl/N-ethyl adjacent to an activating group) is 1. The Balaban J connectivity index is 3.92. The number of allylic oxidation sites excluding steroid dienone is 8. The van der Waals surface area contributed by atoms with Crippen LogP contribution >= 0.6 is 7.82 Å². The van der Waals surface area contributed by atoms with Crippen LogP contribution in [0.2, 0.25) is 0 Å². The van der Waals surface area contributed by atoms with Crippen molar-refractivity contribution < 1.29 is 42.1 Å². The Hall–Kier alpha value is -2.03. The number of rotatable bonds is 73. The second-order valence-electron chi connectivity index (χ2n) is 27.7. The summed E-state index contributed by atoms with van der Waals surface area (Å²) >= 11 is 0. The molecule has 0 aliphatic carbocycles. The molecule has 0 aromatic heterocycles. The number of ether oxygens (including phenoxy) is 2. The van der Waals surface area contributed by atoms with Crippen LogP contribution in [0.5, 0.6) is 0 Å². The van der Waals surface area contributed by atoms with Crippen molar-refractivity contribution in [3.8, 4) is 0 Å². The fraction of sp³-hybridized carbons (Fsp3) is 0.873. The van der Waals surface area contributed by atoms with E-state index in [9.17, 15) is 19.0 Å². The third-order valence-corrected chi connectivity index (χ3v) is 18.6. The number of hydrogen-bond acceptors (Lipinski definition) is 7. The lowest BCUT2D eigenvalue weighted by Crippen LogP contribution is -2.37. The molecule has 10 heteroatoms. The summed E-state index contributed by atoms with van der Waals surface area (Å²) in [6, 6.07) is 0. The van der Waals surface area contributed by atoms with Crippen LogP contribution in [0.3, 0.4) is 0 Å². The fourth-order valence-corrected chi connectivity index (χ4v) is 12.5. The largest absolute Gasteiger partial charge is 0.472 e. The molecule has 0 aromatic rings. The van der Waals surface area contributed by atoms with E-state index in [1.807, 2.05) is 21.1 Å². The van der Waals surface area contributed by atoms with Gasteiger partial charge in [-0.05, 0) is 51.4 Å². The first-order chi connectivity index (χ1) is 43.5. The van der Waals surface area contributed by atoms with E-state index in [1.165, 1.54) is 302 Å². The van der Waals surface area contributed by atoms with E-state index in [4.69, 9.17) is 18.5 Å². The molecule has 0 aromatic carbocycles. The number of esters is 2. The average Bonchev–Trinajstić information content (AvgIpc) is 3.60. The molecule has 89 heavy (non-hydrogen) atoms. The highest BCUT2D eigenvalue weighted by Gasteiger charge is 2.27. The first kappa shape index (κ1) is 87.0. The highest BCUT2D eigenvalue weighted by molar-refractivity contribution is 7.47. The van der Waals surface area contributed by atoms with Crippen molar-refractivity contribution in [1.29, 1.82) is 0 Å². The van der Waals surface area contributed by atoms with Crippen molar-refractivity contribution in [2.24, 2.45) is 0 Å². The fourth-order valence-electron chi connectivity index (χ4n) is 11.7. The lowest BCUT2D eigenvalue weighted by molar-refractivity contribution is -0.870. The van der Waals surface area contributed by atoms with E-state index in [0.29, 0.717) is 23.9 Å². The molecule has 0 saturated carbocycles. The molecule has 0 rings (SSSR count). The summed E-state index contributed by atoms with van der Waals surface area (Å²) < 4.78 is 34.8. The van der Waals surface area contributed by atoms with Gasteiger partial charge >= 0.3 is 19.8 Å². The summed E-state index contributed by atoms with van der Waals surface area (Å²) in [7, 11) is 1.50. The molecule has 0 heterocycles. The zero-order valence-corrected chi connectivity index (χ0v) is 60.8.